The highest BCUT2D eigenvalue weighted by Crippen LogP contribution is 2.35. The van der Waals surface area contributed by atoms with Gasteiger partial charge in [0.25, 0.3) is 0 Å². The summed E-state index contributed by atoms with van der Waals surface area (Å²) in [5.41, 5.74) is 1.05. The first-order chi connectivity index (χ1) is 15.8. The number of anilines is 2. The zero-order valence-electron chi connectivity index (χ0n) is 17.5. The van der Waals surface area contributed by atoms with Crippen molar-refractivity contribution in [1.82, 2.24) is 19.7 Å². The van der Waals surface area contributed by atoms with Crippen LogP contribution in [-0.2, 0) is 17.9 Å². The highest BCUT2D eigenvalue weighted by molar-refractivity contribution is 5.97. The predicted octanol–water partition coefficient (Wildman–Crippen LogP) is 3.25. The van der Waals surface area contributed by atoms with Gasteiger partial charge in [0.1, 0.15) is 5.76 Å². The number of rotatable bonds is 3. The van der Waals surface area contributed by atoms with E-state index in [1.165, 1.54) is 11.3 Å². The Hall–Kier alpha value is -3.83. The average Bonchev–Trinajstić information content (AvgIpc) is 3.50. The predicted molar refractivity (Wildman–Crippen MR) is 109 cm³/mol. The van der Waals surface area contributed by atoms with Crippen molar-refractivity contribution in [3.8, 4) is 0 Å². The Morgan fingerprint density at radius 2 is 1.94 bits per heavy atom. The first-order valence-corrected chi connectivity index (χ1v) is 10.3. The van der Waals surface area contributed by atoms with Crippen molar-refractivity contribution in [2.45, 2.75) is 38.4 Å². The van der Waals surface area contributed by atoms with Crippen molar-refractivity contribution < 1.29 is 27.2 Å². The largest absolute Gasteiger partial charge is 0.448 e. The summed E-state index contributed by atoms with van der Waals surface area (Å²) in [5.74, 6) is -4.01. The van der Waals surface area contributed by atoms with Crippen molar-refractivity contribution in [2.75, 3.05) is 16.8 Å². The van der Waals surface area contributed by atoms with E-state index in [2.05, 4.69) is 15.4 Å². The van der Waals surface area contributed by atoms with Crippen LogP contribution in [0.2, 0.25) is 0 Å². The Labute approximate surface area is 185 Å². The summed E-state index contributed by atoms with van der Waals surface area (Å²) in [4.78, 5) is 32.6. The molecule has 1 aromatic carbocycles. The Bertz CT molecular complexity index is 1210. The minimum absolute atomic E-state index is 0.0981. The maximum Gasteiger partial charge on any atom is 0.322 e. The Kier molecular flexibility index (Phi) is 5.06. The molecule has 2 aromatic heterocycles. The maximum atomic E-state index is 13.5. The molecule has 2 aliphatic rings. The van der Waals surface area contributed by atoms with Crippen LogP contribution in [0.15, 0.2) is 35.3 Å². The van der Waals surface area contributed by atoms with E-state index in [9.17, 15) is 22.8 Å². The van der Waals surface area contributed by atoms with Crippen molar-refractivity contribution in [1.29, 1.82) is 0 Å². The van der Waals surface area contributed by atoms with Crippen molar-refractivity contribution in [3.05, 3.63) is 59.8 Å². The third-order valence-corrected chi connectivity index (χ3v) is 5.98. The summed E-state index contributed by atoms with van der Waals surface area (Å²) in [5, 5.41) is 6.78. The topological polar surface area (TPSA) is 96.5 Å². The van der Waals surface area contributed by atoms with E-state index >= 15 is 0 Å². The highest BCUT2D eigenvalue weighted by Gasteiger charge is 2.38. The fraction of sp³-hybridized carbons (Fsp3) is 0.333. The van der Waals surface area contributed by atoms with Crippen LogP contribution in [0.1, 0.15) is 30.7 Å². The third-order valence-electron chi connectivity index (χ3n) is 5.98. The number of hydrogen-bond acceptors (Lipinski definition) is 5. The fourth-order valence-electron chi connectivity index (χ4n) is 4.27. The van der Waals surface area contributed by atoms with Gasteiger partial charge in [0.2, 0.25) is 5.91 Å². The fourth-order valence-corrected chi connectivity index (χ4v) is 4.27. The number of carbonyl (C=O) groups excluding carboxylic acids is 2. The second kappa shape index (κ2) is 7.94. The molecule has 0 radical (unpaired) electrons. The smallest absolute Gasteiger partial charge is 0.322 e. The van der Waals surface area contributed by atoms with Gasteiger partial charge in [0, 0.05) is 36.7 Å². The third kappa shape index (κ3) is 3.70. The molecule has 1 N–H and O–H groups in total. The van der Waals surface area contributed by atoms with Crippen LogP contribution in [0.25, 0.3) is 0 Å². The van der Waals surface area contributed by atoms with Crippen molar-refractivity contribution in [3.63, 3.8) is 0 Å². The van der Waals surface area contributed by atoms with E-state index in [-0.39, 0.29) is 36.5 Å². The molecular formula is C21H19F3N6O3. The second-order valence-corrected chi connectivity index (χ2v) is 8.13. The molecule has 12 heteroatoms. The molecule has 2 atom stereocenters. The van der Waals surface area contributed by atoms with E-state index in [1.807, 2.05) is 0 Å². The molecule has 172 valence electrons. The zero-order valence-corrected chi connectivity index (χ0v) is 17.5. The van der Waals surface area contributed by atoms with Gasteiger partial charge in [-0.25, -0.2) is 22.9 Å². The Morgan fingerprint density at radius 1 is 1.18 bits per heavy atom. The van der Waals surface area contributed by atoms with Gasteiger partial charge in [-0.1, -0.05) is 0 Å². The van der Waals surface area contributed by atoms with Crippen molar-refractivity contribution in [2.24, 2.45) is 0 Å². The standard InChI is InChI=1S/C21H19F3N6O3/c1-11-7-30-17(9-28(11)21(32)27-13-3-14(22)20(24)15(23)4-13)16(5-26-30)29-8-12(2-19(29)31)18-6-25-10-33-18/h3-6,10-12H,2,7-9H2,1H3,(H,27,32)/t11-,12?/m0/s1. The van der Waals surface area contributed by atoms with Crippen LogP contribution in [0.4, 0.5) is 29.3 Å². The van der Waals surface area contributed by atoms with Gasteiger partial charge in [-0.15, -0.1) is 0 Å². The number of nitrogens with zero attached hydrogens (tertiary/aromatic N) is 5. The lowest BCUT2D eigenvalue weighted by Crippen LogP contribution is -2.47. The molecule has 9 nitrogen and oxygen atoms in total. The van der Waals surface area contributed by atoms with Crippen LogP contribution in [0.5, 0.6) is 0 Å². The monoisotopic (exact) mass is 460 g/mol. The number of hydrogen-bond donors (Lipinski definition) is 1. The quantitative estimate of drug-likeness (QED) is 0.606. The van der Waals surface area contributed by atoms with Gasteiger partial charge in [-0.05, 0) is 6.92 Å². The minimum atomic E-state index is -1.60. The van der Waals surface area contributed by atoms with Gasteiger partial charge < -0.3 is 19.5 Å². The first-order valence-electron chi connectivity index (χ1n) is 10.3. The molecule has 4 heterocycles. The molecule has 33 heavy (non-hydrogen) atoms. The summed E-state index contributed by atoms with van der Waals surface area (Å²) in [6.07, 6.45) is 4.77. The summed E-state index contributed by atoms with van der Waals surface area (Å²) < 4.78 is 47.3. The maximum absolute atomic E-state index is 13.5. The summed E-state index contributed by atoms with van der Waals surface area (Å²) >= 11 is 0. The molecular weight excluding hydrogens is 441 g/mol. The number of amides is 3. The van der Waals surface area contributed by atoms with E-state index in [0.29, 0.717) is 42.4 Å². The van der Waals surface area contributed by atoms with Gasteiger partial charge in [-0.3, -0.25) is 9.48 Å². The second-order valence-electron chi connectivity index (χ2n) is 8.13. The Morgan fingerprint density at radius 3 is 2.64 bits per heavy atom. The number of aromatic nitrogens is 3. The molecule has 1 saturated heterocycles. The lowest BCUT2D eigenvalue weighted by molar-refractivity contribution is -0.117. The molecule has 0 saturated carbocycles. The SMILES string of the molecule is C[C@H]1Cn2ncc(N3CC(c4cnco4)CC3=O)c2CN1C(=O)Nc1cc(F)c(F)c(F)c1. The molecule has 2 aliphatic heterocycles. The van der Waals surface area contributed by atoms with Crippen molar-refractivity contribution >= 4 is 23.3 Å². The van der Waals surface area contributed by atoms with Gasteiger partial charge in [0.15, 0.2) is 23.8 Å². The molecule has 3 aromatic rings. The highest BCUT2D eigenvalue weighted by atomic mass is 19.2. The first kappa shape index (κ1) is 21.0. The minimum Gasteiger partial charge on any atom is -0.448 e. The summed E-state index contributed by atoms with van der Waals surface area (Å²) in [6.45, 7) is 2.67. The van der Waals surface area contributed by atoms with E-state index in [0.717, 1.165) is 0 Å². The lowest BCUT2D eigenvalue weighted by atomic mass is 10.1. The average molecular weight is 460 g/mol. The van der Waals surface area contributed by atoms with Gasteiger partial charge in [-0.2, -0.15) is 5.10 Å². The molecule has 0 aliphatic carbocycles. The summed E-state index contributed by atoms with van der Waals surface area (Å²) in [7, 11) is 0. The number of urea groups is 1. The normalized spacial score (nSPS) is 20.3. The number of benzene rings is 1. The summed E-state index contributed by atoms with van der Waals surface area (Å²) in [6, 6.07) is 0.524. The van der Waals surface area contributed by atoms with Crippen LogP contribution in [0.3, 0.4) is 0 Å². The van der Waals surface area contributed by atoms with E-state index in [4.69, 9.17) is 4.42 Å². The number of carbonyl (C=O) groups is 2. The lowest BCUT2D eigenvalue weighted by Gasteiger charge is -2.35. The molecule has 5 rings (SSSR count). The molecule has 0 bridgehead atoms. The number of halogens is 3. The molecule has 3 amide bonds. The van der Waals surface area contributed by atoms with Crippen LogP contribution in [0, 0.1) is 17.5 Å². The van der Waals surface area contributed by atoms with E-state index < -0.39 is 23.5 Å². The van der Waals surface area contributed by atoms with Crippen LogP contribution < -0.4 is 10.2 Å². The zero-order chi connectivity index (χ0) is 23.3. The number of oxazole rings is 1. The molecule has 0 spiro atoms. The Balaban J connectivity index is 1.36. The van der Waals surface area contributed by atoms with Crippen LogP contribution in [-0.4, -0.2) is 44.2 Å². The van der Waals surface area contributed by atoms with E-state index in [1.54, 1.807) is 28.9 Å². The van der Waals surface area contributed by atoms with Gasteiger partial charge in [0.05, 0.1) is 42.9 Å². The number of nitrogens with one attached hydrogen (secondary N) is 1. The molecule has 1 fully saturated rings. The number of fused-ring (bicyclic) bond motifs is 1. The molecule has 1 unspecified atom stereocenters. The van der Waals surface area contributed by atoms with Gasteiger partial charge >= 0.3 is 6.03 Å². The van der Waals surface area contributed by atoms with Crippen LogP contribution >= 0.6 is 0 Å².